The normalized spacial score (nSPS) is 14.2. The maximum absolute atomic E-state index is 6.05. The Kier molecular flexibility index (Phi) is 2.74. The molecule has 4 N–H and O–H groups in total. The Morgan fingerprint density at radius 2 is 1.77 bits per heavy atom. The topological polar surface area (TPSA) is 52.0 Å². The van der Waals surface area contributed by atoms with E-state index >= 15 is 0 Å². The molecule has 0 spiro atoms. The van der Waals surface area contributed by atoms with E-state index in [-0.39, 0.29) is 11.6 Å². The number of aryl methyl sites for hydroxylation is 1. The Labute approximate surface area is 79.9 Å². The molecule has 1 aromatic rings. The molecule has 13 heavy (non-hydrogen) atoms. The molecule has 0 aromatic heterocycles. The third kappa shape index (κ3) is 2.29. The summed E-state index contributed by atoms with van der Waals surface area (Å²) in [6.07, 6.45) is 0. The van der Waals surface area contributed by atoms with Crippen LogP contribution in [0.4, 0.5) is 0 Å². The lowest BCUT2D eigenvalue weighted by Crippen LogP contribution is -2.44. The van der Waals surface area contributed by atoms with Gasteiger partial charge in [-0.3, -0.25) is 0 Å². The minimum Gasteiger partial charge on any atom is -0.324 e. The van der Waals surface area contributed by atoms with Crippen LogP contribution in [-0.4, -0.2) is 5.54 Å². The van der Waals surface area contributed by atoms with Crippen molar-refractivity contribution in [1.82, 2.24) is 0 Å². The summed E-state index contributed by atoms with van der Waals surface area (Å²) >= 11 is 0. The van der Waals surface area contributed by atoms with Crippen LogP contribution in [0.25, 0.3) is 0 Å². The molecule has 0 saturated heterocycles. The predicted octanol–water partition coefficient (Wildman–Crippen LogP) is 1.73. The zero-order chi connectivity index (χ0) is 10.1. The van der Waals surface area contributed by atoms with Crippen LogP contribution in [0.1, 0.15) is 31.0 Å². The molecule has 0 fully saturated rings. The van der Waals surface area contributed by atoms with E-state index in [1.165, 1.54) is 5.56 Å². The molecule has 0 amide bonds. The van der Waals surface area contributed by atoms with Crippen molar-refractivity contribution in [2.24, 2.45) is 11.5 Å². The summed E-state index contributed by atoms with van der Waals surface area (Å²) in [5.74, 6) is 0. The standard InChI is InChI=1S/C11H18N2/c1-8-6-4-5-7-9(8)10(12)11(2,3)13/h4-7,10H,12-13H2,1-3H3. The Hall–Kier alpha value is -0.860. The van der Waals surface area contributed by atoms with Crippen LogP contribution in [-0.2, 0) is 0 Å². The van der Waals surface area contributed by atoms with E-state index in [0.717, 1.165) is 5.56 Å². The smallest absolute Gasteiger partial charge is 0.0475 e. The molecule has 0 bridgehead atoms. The first kappa shape index (κ1) is 10.2. The lowest BCUT2D eigenvalue weighted by molar-refractivity contribution is 0.419. The van der Waals surface area contributed by atoms with Gasteiger partial charge in [0.2, 0.25) is 0 Å². The van der Waals surface area contributed by atoms with E-state index in [1.807, 2.05) is 32.0 Å². The van der Waals surface area contributed by atoms with Crippen LogP contribution >= 0.6 is 0 Å². The molecule has 0 saturated carbocycles. The monoisotopic (exact) mass is 178 g/mol. The second-order valence-corrected chi connectivity index (χ2v) is 4.16. The van der Waals surface area contributed by atoms with Gasteiger partial charge in [0, 0.05) is 11.6 Å². The molecule has 2 heteroatoms. The lowest BCUT2D eigenvalue weighted by Gasteiger charge is -2.28. The highest BCUT2D eigenvalue weighted by molar-refractivity contribution is 5.30. The molecule has 72 valence electrons. The van der Waals surface area contributed by atoms with Gasteiger partial charge in [-0.25, -0.2) is 0 Å². The van der Waals surface area contributed by atoms with Crippen molar-refractivity contribution in [3.63, 3.8) is 0 Å². The molecule has 1 unspecified atom stereocenters. The summed E-state index contributed by atoms with van der Waals surface area (Å²) < 4.78 is 0. The number of nitrogens with two attached hydrogens (primary N) is 2. The van der Waals surface area contributed by atoms with Gasteiger partial charge in [-0.1, -0.05) is 24.3 Å². The van der Waals surface area contributed by atoms with Crippen molar-refractivity contribution in [3.8, 4) is 0 Å². The van der Waals surface area contributed by atoms with Crippen molar-refractivity contribution in [1.29, 1.82) is 0 Å². The largest absolute Gasteiger partial charge is 0.324 e. The SMILES string of the molecule is Cc1ccccc1C(N)C(C)(C)N. The maximum atomic E-state index is 6.05. The first-order valence-corrected chi connectivity index (χ1v) is 4.53. The molecule has 0 aliphatic carbocycles. The molecule has 1 aromatic carbocycles. The Bertz CT molecular complexity index is 286. The predicted molar refractivity (Wildman–Crippen MR) is 56.4 cm³/mol. The van der Waals surface area contributed by atoms with Crippen molar-refractivity contribution >= 4 is 0 Å². The van der Waals surface area contributed by atoms with E-state index < -0.39 is 0 Å². The highest BCUT2D eigenvalue weighted by Gasteiger charge is 2.23. The van der Waals surface area contributed by atoms with Gasteiger partial charge in [0.25, 0.3) is 0 Å². The van der Waals surface area contributed by atoms with Crippen molar-refractivity contribution < 1.29 is 0 Å². The Morgan fingerprint density at radius 1 is 1.23 bits per heavy atom. The van der Waals surface area contributed by atoms with Crippen LogP contribution in [0, 0.1) is 6.92 Å². The fourth-order valence-electron chi connectivity index (χ4n) is 1.34. The summed E-state index contributed by atoms with van der Waals surface area (Å²) in [5.41, 5.74) is 14.0. The molecular weight excluding hydrogens is 160 g/mol. The number of hydrogen-bond acceptors (Lipinski definition) is 2. The number of benzene rings is 1. The van der Waals surface area contributed by atoms with Crippen LogP contribution in [0.3, 0.4) is 0 Å². The van der Waals surface area contributed by atoms with Crippen LogP contribution < -0.4 is 11.5 Å². The molecule has 2 nitrogen and oxygen atoms in total. The summed E-state index contributed by atoms with van der Waals surface area (Å²) in [6, 6.07) is 7.99. The number of hydrogen-bond donors (Lipinski definition) is 2. The first-order chi connectivity index (χ1) is 5.93. The van der Waals surface area contributed by atoms with Gasteiger partial charge in [-0.15, -0.1) is 0 Å². The van der Waals surface area contributed by atoms with Gasteiger partial charge >= 0.3 is 0 Å². The van der Waals surface area contributed by atoms with E-state index in [9.17, 15) is 0 Å². The molecule has 0 aliphatic heterocycles. The molecule has 1 atom stereocenters. The fraction of sp³-hybridized carbons (Fsp3) is 0.455. The van der Waals surface area contributed by atoms with Gasteiger partial charge < -0.3 is 11.5 Å². The van der Waals surface area contributed by atoms with Gasteiger partial charge in [0.05, 0.1) is 0 Å². The fourth-order valence-corrected chi connectivity index (χ4v) is 1.34. The van der Waals surface area contributed by atoms with Crippen molar-refractivity contribution in [3.05, 3.63) is 35.4 Å². The van der Waals surface area contributed by atoms with Gasteiger partial charge in [0.1, 0.15) is 0 Å². The average molecular weight is 178 g/mol. The Morgan fingerprint density at radius 3 is 2.23 bits per heavy atom. The van der Waals surface area contributed by atoms with Gasteiger partial charge in [-0.05, 0) is 31.9 Å². The van der Waals surface area contributed by atoms with Gasteiger partial charge in [-0.2, -0.15) is 0 Å². The third-order valence-corrected chi connectivity index (χ3v) is 2.33. The molecule has 0 aliphatic rings. The second kappa shape index (κ2) is 3.48. The summed E-state index contributed by atoms with van der Waals surface area (Å²) in [6.45, 7) is 5.95. The highest BCUT2D eigenvalue weighted by atomic mass is 14.8. The van der Waals surface area contributed by atoms with Crippen molar-refractivity contribution in [2.75, 3.05) is 0 Å². The zero-order valence-corrected chi connectivity index (χ0v) is 8.54. The Balaban J connectivity index is 3.02. The van der Waals surface area contributed by atoms with Crippen LogP contribution in [0.15, 0.2) is 24.3 Å². The molecule has 1 rings (SSSR count). The maximum Gasteiger partial charge on any atom is 0.0475 e. The minimum absolute atomic E-state index is 0.103. The summed E-state index contributed by atoms with van der Waals surface area (Å²) in [7, 11) is 0. The highest BCUT2D eigenvalue weighted by Crippen LogP contribution is 2.23. The van der Waals surface area contributed by atoms with E-state index in [0.29, 0.717) is 0 Å². The first-order valence-electron chi connectivity index (χ1n) is 4.53. The average Bonchev–Trinajstić information content (AvgIpc) is 2.02. The van der Waals surface area contributed by atoms with E-state index in [1.54, 1.807) is 0 Å². The number of rotatable bonds is 2. The van der Waals surface area contributed by atoms with E-state index in [4.69, 9.17) is 11.5 Å². The molecular formula is C11H18N2. The lowest BCUT2D eigenvalue weighted by atomic mass is 9.88. The minimum atomic E-state index is -0.369. The van der Waals surface area contributed by atoms with Gasteiger partial charge in [0.15, 0.2) is 0 Å². The third-order valence-electron chi connectivity index (χ3n) is 2.33. The zero-order valence-electron chi connectivity index (χ0n) is 8.54. The van der Waals surface area contributed by atoms with E-state index in [2.05, 4.69) is 13.0 Å². The molecule has 0 heterocycles. The summed E-state index contributed by atoms with van der Waals surface area (Å²) in [4.78, 5) is 0. The molecule has 0 radical (unpaired) electrons. The van der Waals surface area contributed by atoms with Crippen LogP contribution in [0.2, 0.25) is 0 Å². The second-order valence-electron chi connectivity index (χ2n) is 4.16. The summed E-state index contributed by atoms with van der Waals surface area (Å²) in [5, 5.41) is 0. The van der Waals surface area contributed by atoms with Crippen molar-refractivity contribution in [2.45, 2.75) is 32.4 Å². The van der Waals surface area contributed by atoms with Crippen LogP contribution in [0.5, 0.6) is 0 Å². The quantitative estimate of drug-likeness (QED) is 0.724.